The van der Waals surface area contributed by atoms with E-state index in [2.05, 4.69) is 20.4 Å². The number of hydrogen-bond acceptors (Lipinski definition) is 6. The highest BCUT2D eigenvalue weighted by molar-refractivity contribution is 5.59. The third kappa shape index (κ3) is 2.73. The molecule has 0 unspecified atom stereocenters. The van der Waals surface area contributed by atoms with E-state index in [0.717, 1.165) is 5.69 Å². The molecule has 0 spiro atoms. The van der Waals surface area contributed by atoms with E-state index in [0.29, 0.717) is 30.3 Å². The molecular formula is C12H16N6O2. The van der Waals surface area contributed by atoms with E-state index in [9.17, 15) is 10.1 Å². The average Bonchev–Trinajstić information content (AvgIpc) is 2.73. The SMILES string of the molecule is CCc1nn(C)c(NCc2ccnc(C)n2)c1[N+](=O)[O-]. The van der Waals surface area contributed by atoms with Crippen molar-refractivity contribution in [3.8, 4) is 0 Å². The molecule has 0 bridgehead atoms. The van der Waals surface area contributed by atoms with Crippen LogP contribution < -0.4 is 5.32 Å². The van der Waals surface area contributed by atoms with Crippen molar-refractivity contribution in [2.45, 2.75) is 26.8 Å². The predicted octanol–water partition coefficient (Wildman–Crippen LogP) is 1.60. The molecule has 8 heteroatoms. The highest BCUT2D eigenvalue weighted by Gasteiger charge is 2.25. The Morgan fingerprint density at radius 3 is 2.85 bits per heavy atom. The van der Waals surface area contributed by atoms with Crippen molar-refractivity contribution in [2.75, 3.05) is 5.32 Å². The Bertz CT molecular complexity index is 637. The van der Waals surface area contributed by atoms with Crippen molar-refractivity contribution in [3.05, 3.63) is 39.6 Å². The first-order valence-corrected chi connectivity index (χ1v) is 6.25. The number of anilines is 1. The molecule has 0 saturated carbocycles. The van der Waals surface area contributed by atoms with Crippen LogP contribution in [-0.4, -0.2) is 24.7 Å². The van der Waals surface area contributed by atoms with E-state index >= 15 is 0 Å². The molecule has 2 rings (SSSR count). The number of nitro groups is 1. The standard InChI is InChI=1S/C12H16N6O2/c1-4-10-11(18(19)20)12(17(3)16-10)14-7-9-5-6-13-8(2)15-9/h5-6,14H,4,7H2,1-3H3. The van der Waals surface area contributed by atoms with E-state index in [-0.39, 0.29) is 5.69 Å². The van der Waals surface area contributed by atoms with Gasteiger partial charge in [-0.3, -0.25) is 10.1 Å². The number of rotatable bonds is 5. The Hall–Kier alpha value is -2.51. The summed E-state index contributed by atoms with van der Waals surface area (Å²) in [6.45, 7) is 4.02. The highest BCUT2D eigenvalue weighted by Crippen LogP contribution is 2.28. The largest absolute Gasteiger partial charge is 0.359 e. The lowest BCUT2D eigenvalue weighted by atomic mass is 10.3. The van der Waals surface area contributed by atoms with E-state index in [1.54, 1.807) is 26.2 Å². The molecule has 0 aliphatic heterocycles. The van der Waals surface area contributed by atoms with Gasteiger partial charge in [0.25, 0.3) is 0 Å². The second-order valence-electron chi connectivity index (χ2n) is 4.33. The molecule has 0 fully saturated rings. The van der Waals surface area contributed by atoms with Gasteiger partial charge in [-0.15, -0.1) is 0 Å². The van der Waals surface area contributed by atoms with Crippen molar-refractivity contribution in [1.29, 1.82) is 0 Å². The summed E-state index contributed by atoms with van der Waals surface area (Å²) in [5.41, 5.74) is 1.27. The molecule has 0 aliphatic carbocycles. The molecule has 8 nitrogen and oxygen atoms in total. The summed E-state index contributed by atoms with van der Waals surface area (Å²) in [6, 6.07) is 1.77. The minimum absolute atomic E-state index is 0.0285. The van der Waals surface area contributed by atoms with Crippen LogP contribution in [0.3, 0.4) is 0 Å². The van der Waals surface area contributed by atoms with E-state index in [1.807, 2.05) is 6.92 Å². The monoisotopic (exact) mass is 276 g/mol. The quantitative estimate of drug-likeness (QED) is 0.657. The van der Waals surface area contributed by atoms with Gasteiger partial charge in [0.1, 0.15) is 11.5 Å². The lowest BCUT2D eigenvalue weighted by Crippen LogP contribution is -2.08. The Labute approximate surface area is 116 Å². The maximum atomic E-state index is 11.2. The maximum absolute atomic E-state index is 11.2. The summed E-state index contributed by atoms with van der Waals surface area (Å²) in [5.74, 6) is 1.06. The molecule has 0 aliphatic rings. The molecule has 0 amide bonds. The van der Waals surface area contributed by atoms with Gasteiger partial charge in [-0.05, 0) is 19.4 Å². The topological polar surface area (TPSA) is 98.8 Å². The van der Waals surface area contributed by atoms with Crippen molar-refractivity contribution in [2.24, 2.45) is 7.05 Å². The van der Waals surface area contributed by atoms with Crippen LogP contribution in [0.2, 0.25) is 0 Å². The number of nitrogens with zero attached hydrogens (tertiary/aromatic N) is 5. The van der Waals surface area contributed by atoms with Crippen LogP contribution in [-0.2, 0) is 20.0 Å². The fourth-order valence-electron chi connectivity index (χ4n) is 1.97. The third-order valence-corrected chi connectivity index (χ3v) is 2.88. The van der Waals surface area contributed by atoms with Crippen LogP contribution in [0.4, 0.5) is 11.5 Å². The first kappa shape index (κ1) is 13.9. The summed E-state index contributed by atoms with van der Waals surface area (Å²) in [5, 5.41) is 18.4. The van der Waals surface area contributed by atoms with Crippen LogP contribution in [0.25, 0.3) is 0 Å². The first-order valence-electron chi connectivity index (χ1n) is 6.25. The normalized spacial score (nSPS) is 10.6. The fourth-order valence-corrected chi connectivity index (χ4v) is 1.97. The van der Waals surface area contributed by atoms with Gasteiger partial charge in [0.2, 0.25) is 5.82 Å². The van der Waals surface area contributed by atoms with E-state index in [4.69, 9.17) is 0 Å². The molecule has 0 aromatic carbocycles. The van der Waals surface area contributed by atoms with Gasteiger partial charge >= 0.3 is 5.69 Å². The zero-order valence-electron chi connectivity index (χ0n) is 11.6. The Morgan fingerprint density at radius 2 is 2.25 bits per heavy atom. The lowest BCUT2D eigenvalue weighted by molar-refractivity contribution is -0.384. The molecule has 0 radical (unpaired) electrons. The summed E-state index contributed by atoms with van der Waals surface area (Å²) >= 11 is 0. The minimum atomic E-state index is -0.403. The molecule has 20 heavy (non-hydrogen) atoms. The Kier molecular flexibility index (Phi) is 3.92. The summed E-state index contributed by atoms with van der Waals surface area (Å²) in [4.78, 5) is 19.0. The number of nitrogens with one attached hydrogen (secondary N) is 1. The molecule has 0 atom stereocenters. The number of hydrogen-bond donors (Lipinski definition) is 1. The molecule has 106 valence electrons. The second kappa shape index (κ2) is 5.64. The Balaban J connectivity index is 2.25. The Morgan fingerprint density at radius 1 is 1.50 bits per heavy atom. The van der Waals surface area contributed by atoms with Crippen LogP contribution in [0.15, 0.2) is 12.3 Å². The van der Waals surface area contributed by atoms with Crippen molar-refractivity contribution >= 4 is 11.5 Å². The van der Waals surface area contributed by atoms with Gasteiger partial charge in [-0.2, -0.15) is 5.10 Å². The van der Waals surface area contributed by atoms with Crippen molar-refractivity contribution in [3.63, 3.8) is 0 Å². The first-order chi connectivity index (χ1) is 9.52. The fraction of sp³-hybridized carbons (Fsp3) is 0.417. The van der Waals surface area contributed by atoms with Gasteiger partial charge in [-0.1, -0.05) is 6.92 Å². The summed E-state index contributed by atoms with van der Waals surface area (Å²) in [7, 11) is 1.68. The smallest absolute Gasteiger partial charge is 0.333 e. The molecule has 2 heterocycles. The highest BCUT2D eigenvalue weighted by atomic mass is 16.6. The molecule has 0 saturated heterocycles. The third-order valence-electron chi connectivity index (χ3n) is 2.88. The van der Waals surface area contributed by atoms with Crippen LogP contribution in [0, 0.1) is 17.0 Å². The van der Waals surface area contributed by atoms with Gasteiger partial charge in [0.15, 0.2) is 0 Å². The minimum Gasteiger partial charge on any atom is -0.359 e. The van der Waals surface area contributed by atoms with Gasteiger partial charge in [0.05, 0.1) is 17.2 Å². The molecular weight excluding hydrogens is 260 g/mol. The van der Waals surface area contributed by atoms with Crippen LogP contribution >= 0.6 is 0 Å². The lowest BCUT2D eigenvalue weighted by Gasteiger charge is -2.05. The predicted molar refractivity (Wildman–Crippen MR) is 73.3 cm³/mol. The van der Waals surface area contributed by atoms with Crippen LogP contribution in [0.1, 0.15) is 24.1 Å². The second-order valence-corrected chi connectivity index (χ2v) is 4.33. The maximum Gasteiger partial charge on any atom is 0.333 e. The molecule has 1 N–H and O–H groups in total. The van der Waals surface area contributed by atoms with E-state index in [1.165, 1.54) is 4.68 Å². The zero-order chi connectivity index (χ0) is 14.7. The van der Waals surface area contributed by atoms with Crippen LogP contribution in [0.5, 0.6) is 0 Å². The summed E-state index contributed by atoms with van der Waals surface area (Å²) < 4.78 is 1.49. The van der Waals surface area contributed by atoms with E-state index < -0.39 is 4.92 Å². The number of aryl methyl sites for hydroxylation is 3. The van der Waals surface area contributed by atoms with Crippen molar-refractivity contribution in [1.82, 2.24) is 19.7 Å². The molecule has 2 aromatic rings. The van der Waals surface area contributed by atoms with Gasteiger partial charge < -0.3 is 5.32 Å². The average molecular weight is 276 g/mol. The van der Waals surface area contributed by atoms with Crippen molar-refractivity contribution < 1.29 is 4.92 Å². The van der Waals surface area contributed by atoms with Gasteiger partial charge in [-0.25, -0.2) is 14.6 Å². The van der Waals surface area contributed by atoms with Gasteiger partial charge in [0, 0.05) is 13.2 Å². The number of aromatic nitrogens is 4. The zero-order valence-corrected chi connectivity index (χ0v) is 11.6. The summed E-state index contributed by atoms with van der Waals surface area (Å²) in [6.07, 6.45) is 2.17. The molecule has 2 aromatic heterocycles.